The number of aromatic amines is 1. The van der Waals surface area contributed by atoms with Gasteiger partial charge in [0.05, 0.1) is 19.4 Å². The Hall–Kier alpha value is -1.45. The van der Waals surface area contributed by atoms with E-state index < -0.39 is 16.1 Å². The fraction of sp³-hybridized carbons (Fsp3) is 0.556. The molecular formula is C9H14N4O4S. The van der Waals surface area contributed by atoms with Gasteiger partial charge in [0.2, 0.25) is 15.9 Å². The number of carbonyl (C=O) groups excluding carboxylic acids is 1. The maximum absolute atomic E-state index is 12.3. The molecule has 1 saturated heterocycles. The summed E-state index contributed by atoms with van der Waals surface area (Å²) in [5.74, 6) is -0.387. The van der Waals surface area contributed by atoms with Crippen molar-refractivity contribution in [3.63, 3.8) is 0 Å². The third-order valence-electron chi connectivity index (χ3n) is 2.71. The zero-order chi connectivity index (χ0) is 13.2. The van der Waals surface area contributed by atoms with Crippen LogP contribution in [0.5, 0.6) is 0 Å². The molecule has 100 valence electrons. The summed E-state index contributed by atoms with van der Waals surface area (Å²) in [4.78, 5) is 11.7. The normalized spacial score (nSPS) is 21.7. The first-order valence-corrected chi connectivity index (χ1v) is 6.81. The summed E-state index contributed by atoms with van der Waals surface area (Å²) in [5, 5.41) is 8.49. The largest absolute Gasteiger partial charge is 0.378 e. The Morgan fingerprint density at radius 3 is 3.06 bits per heavy atom. The van der Waals surface area contributed by atoms with E-state index >= 15 is 0 Å². The number of ether oxygens (including phenoxy) is 1. The van der Waals surface area contributed by atoms with Crippen LogP contribution >= 0.6 is 0 Å². The van der Waals surface area contributed by atoms with E-state index in [0.717, 1.165) is 4.31 Å². The zero-order valence-corrected chi connectivity index (χ0v) is 10.6. The quantitative estimate of drug-likeness (QED) is 0.701. The third-order valence-corrected chi connectivity index (χ3v) is 4.58. The third kappa shape index (κ3) is 2.24. The summed E-state index contributed by atoms with van der Waals surface area (Å²) >= 11 is 0. The molecule has 2 N–H and O–H groups in total. The van der Waals surface area contributed by atoms with E-state index in [1.165, 1.54) is 19.4 Å². The van der Waals surface area contributed by atoms with Gasteiger partial charge in [0.25, 0.3) is 0 Å². The van der Waals surface area contributed by atoms with Gasteiger partial charge in [-0.3, -0.25) is 9.89 Å². The van der Waals surface area contributed by atoms with Gasteiger partial charge in [0.1, 0.15) is 10.9 Å². The predicted octanol–water partition coefficient (Wildman–Crippen LogP) is -1.45. The summed E-state index contributed by atoms with van der Waals surface area (Å²) in [7, 11) is -2.27. The monoisotopic (exact) mass is 274 g/mol. The molecule has 0 aliphatic carbocycles. The zero-order valence-electron chi connectivity index (χ0n) is 9.79. The van der Waals surface area contributed by atoms with Crippen LogP contribution in [0.2, 0.25) is 0 Å². The first kappa shape index (κ1) is 13.0. The Bertz CT molecular complexity index is 513. The highest BCUT2D eigenvalue weighted by molar-refractivity contribution is 7.89. The molecule has 1 atom stereocenters. The Labute approximate surface area is 104 Å². The lowest BCUT2D eigenvalue weighted by Gasteiger charge is -2.32. The molecule has 8 nitrogen and oxygen atoms in total. The minimum Gasteiger partial charge on any atom is -0.378 e. The second-order valence-electron chi connectivity index (χ2n) is 3.75. The van der Waals surface area contributed by atoms with Crippen LogP contribution in [-0.4, -0.2) is 61.7 Å². The lowest BCUT2D eigenvalue weighted by Crippen LogP contribution is -2.55. The van der Waals surface area contributed by atoms with Crippen LogP contribution in [0, 0.1) is 0 Å². The first-order valence-electron chi connectivity index (χ1n) is 5.37. The van der Waals surface area contributed by atoms with Crippen molar-refractivity contribution >= 4 is 15.9 Å². The molecule has 1 unspecified atom stereocenters. The van der Waals surface area contributed by atoms with E-state index in [4.69, 9.17) is 4.74 Å². The lowest BCUT2D eigenvalue weighted by atomic mass is 10.2. The van der Waals surface area contributed by atoms with Gasteiger partial charge in [-0.15, -0.1) is 0 Å². The van der Waals surface area contributed by atoms with Crippen LogP contribution < -0.4 is 5.32 Å². The molecule has 1 aliphatic heterocycles. The number of hydrogen-bond donors (Lipinski definition) is 2. The number of nitrogens with one attached hydrogen (secondary N) is 2. The van der Waals surface area contributed by atoms with Crippen LogP contribution in [0.4, 0.5) is 0 Å². The van der Waals surface area contributed by atoms with E-state index in [0.29, 0.717) is 0 Å². The topological polar surface area (TPSA) is 104 Å². The molecule has 1 aliphatic rings. The van der Waals surface area contributed by atoms with Gasteiger partial charge < -0.3 is 10.1 Å². The lowest BCUT2D eigenvalue weighted by molar-refractivity contribution is -0.128. The Kier molecular flexibility index (Phi) is 3.64. The number of rotatable bonds is 3. The number of aromatic nitrogens is 2. The van der Waals surface area contributed by atoms with Crippen LogP contribution in [0.1, 0.15) is 0 Å². The molecule has 2 heterocycles. The molecule has 0 radical (unpaired) electrons. The number of H-pyrrole nitrogens is 1. The second-order valence-corrected chi connectivity index (χ2v) is 5.65. The molecule has 0 spiro atoms. The van der Waals surface area contributed by atoms with Gasteiger partial charge in [0.15, 0.2) is 0 Å². The van der Waals surface area contributed by atoms with Crippen molar-refractivity contribution in [2.45, 2.75) is 10.9 Å². The van der Waals surface area contributed by atoms with Crippen LogP contribution in [-0.2, 0) is 19.6 Å². The van der Waals surface area contributed by atoms with Crippen molar-refractivity contribution in [1.29, 1.82) is 0 Å². The minimum absolute atomic E-state index is 0.0401. The van der Waals surface area contributed by atoms with Crippen molar-refractivity contribution in [2.75, 3.05) is 26.8 Å². The highest BCUT2D eigenvalue weighted by Gasteiger charge is 2.38. The summed E-state index contributed by atoms with van der Waals surface area (Å²) in [6, 6.07) is -0.844. The van der Waals surface area contributed by atoms with E-state index in [2.05, 4.69) is 15.5 Å². The van der Waals surface area contributed by atoms with E-state index in [-0.39, 0.29) is 30.6 Å². The Balaban J connectivity index is 2.32. The van der Waals surface area contributed by atoms with Crippen LogP contribution in [0.3, 0.4) is 0 Å². The summed E-state index contributed by atoms with van der Waals surface area (Å²) in [6.07, 6.45) is 2.50. The highest BCUT2D eigenvalue weighted by atomic mass is 32.2. The molecule has 1 fully saturated rings. The molecule has 2 rings (SSSR count). The van der Waals surface area contributed by atoms with E-state index in [1.807, 2.05) is 0 Å². The maximum atomic E-state index is 12.3. The molecule has 1 amide bonds. The van der Waals surface area contributed by atoms with Crippen LogP contribution in [0.15, 0.2) is 17.3 Å². The number of likely N-dealkylation sites (N-methyl/N-ethyl adjacent to an activating group) is 1. The molecule has 1 aromatic heterocycles. The van der Waals surface area contributed by atoms with E-state index in [9.17, 15) is 13.2 Å². The Morgan fingerprint density at radius 1 is 1.67 bits per heavy atom. The van der Waals surface area contributed by atoms with Gasteiger partial charge in [-0.25, -0.2) is 8.42 Å². The molecule has 9 heteroatoms. The van der Waals surface area contributed by atoms with Gasteiger partial charge in [-0.05, 0) is 0 Å². The second kappa shape index (κ2) is 5.04. The smallest absolute Gasteiger partial charge is 0.247 e. The van der Waals surface area contributed by atoms with Crippen molar-refractivity contribution in [2.24, 2.45) is 0 Å². The van der Waals surface area contributed by atoms with Gasteiger partial charge in [-0.2, -0.15) is 9.40 Å². The SMILES string of the molecule is CNC(=O)C1COCCN1S(=O)(=O)c1cn[nH]c1. The molecular weight excluding hydrogens is 260 g/mol. The highest BCUT2D eigenvalue weighted by Crippen LogP contribution is 2.19. The number of sulfonamides is 1. The average molecular weight is 274 g/mol. The van der Waals surface area contributed by atoms with Crippen LogP contribution in [0.25, 0.3) is 0 Å². The fourth-order valence-corrected chi connectivity index (χ4v) is 3.23. The standard InChI is InChI=1S/C9H14N4O4S/c1-10-9(14)8-6-17-3-2-13(8)18(15,16)7-4-11-12-5-7/h4-5,8H,2-3,6H2,1H3,(H,10,14)(H,11,12). The molecule has 0 aromatic carbocycles. The number of hydrogen-bond acceptors (Lipinski definition) is 5. The molecule has 0 bridgehead atoms. The van der Waals surface area contributed by atoms with Gasteiger partial charge in [-0.1, -0.05) is 0 Å². The summed E-state index contributed by atoms with van der Waals surface area (Å²) in [6.45, 7) is 0.465. The first-order chi connectivity index (χ1) is 8.57. The predicted molar refractivity (Wildman–Crippen MR) is 61.2 cm³/mol. The summed E-state index contributed by atoms with van der Waals surface area (Å²) < 4.78 is 30.9. The average Bonchev–Trinajstić information content (AvgIpc) is 2.92. The Morgan fingerprint density at radius 2 is 2.44 bits per heavy atom. The number of morpholine rings is 1. The van der Waals surface area contributed by atoms with Crippen molar-refractivity contribution in [1.82, 2.24) is 19.8 Å². The number of amides is 1. The minimum atomic E-state index is -3.72. The molecule has 0 saturated carbocycles. The van der Waals surface area contributed by atoms with Gasteiger partial charge in [0, 0.05) is 19.8 Å². The summed E-state index contributed by atoms with van der Waals surface area (Å²) in [5.41, 5.74) is 0. The van der Waals surface area contributed by atoms with Crippen molar-refractivity contribution < 1.29 is 17.9 Å². The molecule has 1 aromatic rings. The molecule has 18 heavy (non-hydrogen) atoms. The maximum Gasteiger partial charge on any atom is 0.247 e. The van der Waals surface area contributed by atoms with E-state index in [1.54, 1.807) is 0 Å². The van der Waals surface area contributed by atoms with Crippen molar-refractivity contribution in [3.05, 3.63) is 12.4 Å². The fourth-order valence-electron chi connectivity index (χ4n) is 1.76. The van der Waals surface area contributed by atoms with Gasteiger partial charge >= 0.3 is 0 Å². The number of nitrogens with zero attached hydrogens (tertiary/aromatic N) is 2. The number of carbonyl (C=O) groups is 1. The van der Waals surface area contributed by atoms with Crippen molar-refractivity contribution in [3.8, 4) is 0 Å².